The quantitative estimate of drug-likeness (QED) is 0.420. The maximum Gasteiger partial charge on any atom is 0.313 e. The van der Waals surface area contributed by atoms with E-state index in [9.17, 15) is 9.59 Å². The van der Waals surface area contributed by atoms with Crippen molar-refractivity contribution in [1.29, 1.82) is 0 Å². The Labute approximate surface area is 81.4 Å². The number of carbonyl (C=O) groups excluding carboxylic acids is 2. The maximum atomic E-state index is 11.6. The van der Waals surface area contributed by atoms with Crippen molar-refractivity contribution in [3.63, 3.8) is 0 Å². The van der Waals surface area contributed by atoms with Crippen molar-refractivity contribution in [3.05, 3.63) is 24.3 Å². The van der Waals surface area contributed by atoms with Crippen LogP contribution in [-0.2, 0) is 14.3 Å². The van der Waals surface area contributed by atoms with Gasteiger partial charge in [-0.15, -0.1) is 0 Å². The highest BCUT2D eigenvalue weighted by molar-refractivity contribution is 5.95. The van der Waals surface area contributed by atoms with Crippen LogP contribution in [0.1, 0.15) is 6.42 Å². The Morgan fingerprint density at radius 1 is 1.29 bits per heavy atom. The molecule has 4 unspecified atom stereocenters. The summed E-state index contributed by atoms with van der Waals surface area (Å²) in [6, 6.07) is 0. The van der Waals surface area contributed by atoms with Crippen molar-refractivity contribution in [2.45, 2.75) is 12.5 Å². The van der Waals surface area contributed by atoms with E-state index in [2.05, 4.69) is 0 Å². The smallest absolute Gasteiger partial charge is 0.313 e. The summed E-state index contributed by atoms with van der Waals surface area (Å²) in [5.74, 6) is -0.205. The zero-order valence-corrected chi connectivity index (χ0v) is 7.55. The molecule has 0 amide bonds. The molecular weight excluding hydrogens is 180 g/mol. The molecule has 0 radical (unpaired) electrons. The van der Waals surface area contributed by atoms with Gasteiger partial charge in [-0.1, -0.05) is 12.2 Å². The second-order valence-electron chi connectivity index (χ2n) is 4.04. The third-order valence-electron chi connectivity index (χ3n) is 3.33. The predicted molar refractivity (Wildman–Crippen MR) is 48.3 cm³/mol. The first-order valence-electron chi connectivity index (χ1n) is 4.86. The van der Waals surface area contributed by atoms with Gasteiger partial charge in [-0.25, -0.2) is 0 Å². The van der Waals surface area contributed by atoms with Crippen molar-refractivity contribution in [3.8, 4) is 0 Å². The number of esters is 1. The van der Waals surface area contributed by atoms with Crippen LogP contribution in [0, 0.1) is 17.8 Å². The molecule has 2 aliphatic carbocycles. The molecule has 0 aromatic carbocycles. The molecule has 3 rings (SSSR count). The van der Waals surface area contributed by atoms with E-state index in [4.69, 9.17) is 4.74 Å². The topological polar surface area (TPSA) is 43.4 Å². The molecule has 1 aliphatic heterocycles. The first-order valence-corrected chi connectivity index (χ1v) is 4.86. The Hall–Kier alpha value is -1.38. The third-order valence-corrected chi connectivity index (χ3v) is 3.33. The molecule has 1 heterocycles. The van der Waals surface area contributed by atoms with Crippen LogP contribution in [-0.4, -0.2) is 17.9 Å². The van der Waals surface area contributed by atoms with E-state index in [0.29, 0.717) is 0 Å². The molecule has 0 saturated carbocycles. The van der Waals surface area contributed by atoms with Crippen LogP contribution in [0.4, 0.5) is 0 Å². The highest BCUT2D eigenvalue weighted by Crippen LogP contribution is 2.43. The second-order valence-corrected chi connectivity index (χ2v) is 4.04. The molecule has 0 aromatic rings. The fourth-order valence-electron chi connectivity index (χ4n) is 2.65. The van der Waals surface area contributed by atoms with Gasteiger partial charge in [0.25, 0.3) is 0 Å². The number of hydrogen-bond acceptors (Lipinski definition) is 3. The molecule has 3 heteroatoms. The maximum absolute atomic E-state index is 11.6. The minimum atomic E-state index is -0.187. The Morgan fingerprint density at radius 3 is 3.00 bits per heavy atom. The van der Waals surface area contributed by atoms with Gasteiger partial charge in [0.05, 0.1) is 5.92 Å². The average Bonchev–Trinajstić information content (AvgIpc) is 2.52. The average molecular weight is 190 g/mol. The van der Waals surface area contributed by atoms with Crippen molar-refractivity contribution >= 4 is 11.8 Å². The molecule has 1 fully saturated rings. The van der Waals surface area contributed by atoms with E-state index in [1.54, 1.807) is 12.2 Å². The molecular formula is C11H10O3. The van der Waals surface area contributed by atoms with Gasteiger partial charge in [-0.2, -0.15) is 0 Å². The van der Waals surface area contributed by atoms with Crippen molar-refractivity contribution in [2.75, 3.05) is 0 Å². The van der Waals surface area contributed by atoms with Gasteiger partial charge >= 0.3 is 5.97 Å². The molecule has 0 N–H and O–H groups in total. The molecule has 3 nitrogen and oxygen atoms in total. The number of allylic oxidation sites excluding steroid dienone is 2. The lowest BCUT2D eigenvalue weighted by Gasteiger charge is -2.30. The fourth-order valence-corrected chi connectivity index (χ4v) is 2.65. The zero-order valence-electron chi connectivity index (χ0n) is 7.55. The molecule has 1 saturated heterocycles. The van der Waals surface area contributed by atoms with Crippen molar-refractivity contribution in [2.24, 2.45) is 17.8 Å². The van der Waals surface area contributed by atoms with Crippen LogP contribution < -0.4 is 0 Å². The lowest BCUT2D eigenvalue weighted by molar-refractivity contribution is -0.142. The van der Waals surface area contributed by atoms with Crippen molar-refractivity contribution in [1.82, 2.24) is 0 Å². The summed E-state index contributed by atoms with van der Waals surface area (Å²) in [5.41, 5.74) is 0. The first-order chi connectivity index (χ1) is 6.77. The predicted octanol–water partition coefficient (Wildman–Crippen LogP) is 0.859. The standard InChI is InChI=1S/C11H10O3/c12-8-4-5-9-10-6(8)2-1-3-7(10)11(13)14-9/h1,3-7,9-10H,2H2. The van der Waals surface area contributed by atoms with Crippen LogP contribution in [0.25, 0.3) is 0 Å². The summed E-state index contributed by atoms with van der Waals surface area (Å²) < 4.78 is 5.20. The highest BCUT2D eigenvalue weighted by Gasteiger charge is 2.50. The van der Waals surface area contributed by atoms with Gasteiger partial charge in [-0.3, -0.25) is 9.59 Å². The Kier molecular flexibility index (Phi) is 1.46. The molecule has 0 spiro atoms. The number of hydrogen-bond donors (Lipinski definition) is 0. The monoisotopic (exact) mass is 190 g/mol. The van der Waals surface area contributed by atoms with Crippen LogP contribution in [0.2, 0.25) is 0 Å². The molecule has 4 atom stereocenters. The van der Waals surface area contributed by atoms with E-state index in [0.717, 1.165) is 6.42 Å². The van der Waals surface area contributed by atoms with E-state index in [1.165, 1.54) is 0 Å². The Bertz CT molecular complexity index is 367. The summed E-state index contributed by atoms with van der Waals surface area (Å²) in [5, 5.41) is 0. The van der Waals surface area contributed by atoms with Gasteiger partial charge in [0.1, 0.15) is 6.10 Å². The zero-order chi connectivity index (χ0) is 9.71. The number of rotatable bonds is 0. The van der Waals surface area contributed by atoms with E-state index in [-0.39, 0.29) is 35.6 Å². The minimum absolute atomic E-state index is 0.0357. The largest absolute Gasteiger partial charge is 0.457 e. The molecule has 3 aliphatic rings. The number of ether oxygens (including phenoxy) is 1. The van der Waals surface area contributed by atoms with Crippen LogP contribution in [0.3, 0.4) is 0 Å². The van der Waals surface area contributed by atoms with Gasteiger partial charge in [0, 0.05) is 11.8 Å². The van der Waals surface area contributed by atoms with E-state index < -0.39 is 0 Å². The summed E-state index contributed by atoms with van der Waals surface area (Å²) >= 11 is 0. The van der Waals surface area contributed by atoms with Crippen LogP contribution in [0.15, 0.2) is 24.3 Å². The van der Waals surface area contributed by atoms with Crippen LogP contribution >= 0.6 is 0 Å². The highest BCUT2D eigenvalue weighted by atomic mass is 16.6. The summed E-state index contributed by atoms with van der Waals surface area (Å²) in [4.78, 5) is 23.0. The minimum Gasteiger partial charge on any atom is -0.457 e. The first kappa shape index (κ1) is 7.97. The van der Waals surface area contributed by atoms with Crippen molar-refractivity contribution < 1.29 is 14.3 Å². The summed E-state index contributed by atoms with van der Waals surface area (Å²) in [6.45, 7) is 0. The van der Waals surface area contributed by atoms with E-state index >= 15 is 0 Å². The van der Waals surface area contributed by atoms with Crippen LogP contribution in [0.5, 0.6) is 0 Å². The molecule has 0 aromatic heterocycles. The van der Waals surface area contributed by atoms with Gasteiger partial charge in [-0.05, 0) is 18.6 Å². The lowest BCUT2D eigenvalue weighted by Crippen LogP contribution is -2.36. The number of ketones is 1. The summed E-state index contributed by atoms with van der Waals surface area (Å²) in [6.07, 6.45) is 7.67. The van der Waals surface area contributed by atoms with E-state index in [1.807, 2.05) is 12.2 Å². The molecule has 0 bridgehead atoms. The van der Waals surface area contributed by atoms with Gasteiger partial charge < -0.3 is 4.74 Å². The molecule has 72 valence electrons. The van der Waals surface area contributed by atoms with Gasteiger partial charge in [0.2, 0.25) is 0 Å². The lowest BCUT2D eigenvalue weighted by atomic mass is 9.70. The Balaban J connectivity index is 2.08. The normalized spacial score (nSPS) is 43.7. The fraction of sp³-hybridized carbons (Fsp3) is 0.455. The SMILES string of the molecule is O=C1OC2C=CC(=O)C3CC=CC1C23. The molecule has 14 heavy (non-hydrogen) atoms. The number of carbonyl (C=O) groups is 2. The Morgan fingerprint density at radius 2 is 2.14 bits per heavy atom. The third kappa shape index (κ3) is 0.870. The second kappa shape index (κ2) is 2.56. The summed E-state index contributed by atoms with van der Waals surface area (Å²) in [7, 11) is 0. The van der Waals surface area contributed by atoms with Gasteiger partial charge in [0.15, 0.2) is 5.78 Å².